The lowest BCUT2D eigenvalue weighted by Crippen LogP contribution is -2.48. The number of hydrogen-bond acceptors (Lipinski definition) is 2. The fourth-order valence-corrected chi connectivity index (χ4v) is 0.120. The highest BCUT2D eigenvalue weighted by molar-refractivity contribution is 5.85. The maximum atomic E-state index is 11.5. The highest BCUT2D eigenvalue weighted by Gasteiger charge is 2.23. The van der Waals surface area contributed by atoms with Crippen LogP contribution in [-0.2, 0) is 0 Å². The van der Waals surface area contributed by atoms with Crippen molar-refractivity contribution in [3.05, 3.63) is 0 Å². The zero-order chi connectivity index (χ0) is 6.62. The Morgan fingerprint density at radius 2 is 1.67 bits per heavy atom. The smallest absolute Gasteiger partial charge is 0.112 e. The SMILES string of the molecule is Cl.NC(CO)(CF)CF. The third-order valence-corrected chi connectivity index (χ3v) is 0.847. The predicted molar refractivity (Wildman–Crippen MR) is 33.2 cm³/mol. The van der Waals surface area contributed by atoms with Gasteiger partial charge in [-0.3, -0.25) is 0 Å². The normalized spacial score (nSPS) is 10.7. The van der Waals surface area contributed by atoms with Crippen molar-refractivity contribution in [3.63, 3.8) is 0 Å². The fraction of sp³-hybridized carbons (Fsp3) is 1.00. The first-order valence-corrected chi connectivity index (χ1v) is 2.20. The van der Waals surface area contributed by atoms with Crippen LogP contribution in [-0.4, -0.2) is 30.6 Å². The summed E-state index contributed by atoms with van der Waals surface area (Å²) in [5, 5.41) is 8.18. The number of aliphatic hydroxyl groups is 1. The molecule has 2 nitrogen and oxygen atoms in total. The lowest BCUT2D eigenvalue weighted by Gasteiger charge is -2.17. The quantitative estimate of drug-likeness (QED) is 0.614. The Kier molecular flexibility index (Phi) is 6.44. The zero-order valence-electron chi connectivity index (χ0n) is 4.81. The Morgan fingerprint density at radius 3 is 1.67 bits per heavy atom. The molecule has 0 radical (unpaired) electrons. The molecule has 0 aliphatic carbocycles. The van der Waals surface area contributed by atoms with E-state index in [4.69, 9.17) is 10.8 Å². The van der Waals surface area contributed by atoms with Crippen molar-refractivity contribution in [2.75, 3.05) is 20.0 Å². The van der Waals surface area contributed by atoms with E-state index >= 15 is 0 Å². The average Bonchev–Trinajstić information content (AvgIpc) is 1.87. The Bertz CT molecular complexity index is 61.3. The molecule has 0 atom stereocenters. The largest absolute Gasteiger partial charge is 0.394 e. The molecule has 0 aromatic carbocycles. The van der Waals surface area contributed by atoms with Crippen LogP contribution in [0.1, 0.15) is 0 Å². The molecule has 0 bridgehead atoms. The van der Waals surface area contributed by atoms with Crippen molar-refractivity contribution in [2.45, 2.75) is 5.54 Å². The van der Waals surface area contributed by atoms with Crippen molar-refractivity contribution in [2.24, 2.45) is 5.73 Å². The minimum absolute atomic E-state index is 0. The van der Waals surface area contributed by atoms with Crippen molar-refractivity contribution in [1.82, 2.24) is 0 Å². The van der Waals surface area contributed by atoms with E-state index in [9.17, 15) is 8.78 Å². The molecule has 5 heteroatoms. The van der Waals surface area contributed by atoms with Crippen molar-refractivity contribution >= 4 is 12.4 Å². The Labute approximate surface area is 58.5 Å². The molecule has 0 rings (SSSR count). The topological polar surface area (TPSA) is 46.2 Å². The van der Waals surface area contributed by atoms with E-state index in [1.54, 1.807) is 0 Å². The van der Waals surface area contributed by atoms with E-state index in [-0.39, 0.29) is 12.4 Å². The first-order chi connectivity index (χ1) is 3.68. The summed E-state index contributed by atoms with van der Waals surface area (Å²) in [6.45, 7) is -2.71. The van der Waals surface area contributed by atoms with Gasteiger partial charge in [0.2, 0.25) is 0 Å². The van der Waals surface area contributed by atoms with Gasteiger partial charge in [0.05, 0.1) is 12.1 Å². The van der Waals surface area contributed by atoms with Crippen LogP contribution in [0.3, 0.4) is 0 Å². The summed E-state index contributed by atoms with van der Waals surface area (Å²) in [4.78, 5) is 0. The number of rotatable bonds is 3. The predicted octanol–water partition coefficient (Wildman–Crippen LogP) is 0.0370. The van der Waals surface area contributed by atoms with Crippen LogP contribution in [0, 0.1) is 0 Å². The zero-order valence-corrected chi connectivity index (χ0v) is 5.63. The van der Waals surface area contributed by atoms with Crippen molar-refractivity contribution in [3.8, 4) is 0 Å². The molecular weight excluding hydrogens is 151 g/mol. The molecule has 0 aromatic rings. The summed E-state index contributed by atoms with van der Waals surface area (Å²) >= 11 is 0. The van der Waals surface area contributed by atoms with E-state index < -0.39 is 25.5 Å². The van der Waals surface area contributed by atoms with Gasteiger partial charge in [-0.25, -0.2) is 8.78 Å². The number of aliphatic hydroxyl groups excluding tert-OH is 1. The van der Waals surface area contributed by atoms with E-state index in [1.165, 1.54) is 0 Å². The molecule has 0 spiro atoms. The lowest BCUT2D eigenvalue weighted by molar-refractivity contribution is 0.138. The first kappa shape index (κ1) is 11.8. The first-order valence-electron chi connectivity index (χ1n) is 2.20. The third-order valence-electron chi connectivity index (χ3n) is 0.847. The molecule has 0 aromatic heterocycles. The monoisotopic (exact) mass is 161 g/mol. The van der Waals surface area contributed by atoms with Crippen molar-refractivity contribution in [1.29, 1.82) is 0 Å². The summed E-state index contributed by atoms with van der Waals surface area (Å²) < 4.78 is 23.0. The van der Waals surface area contributed by atoms with E-state index in [0.717, 1.165) is 0 Å². The molecule has 0 aliphatic heterocycles. The van der Waals surface area contributed by atoms with Crippen LogP contribution < -0.4 is 5.73 Å². The van der Waals surface area contributed by atoms with Crippen LogP contribution >= 0.6 is 12.4 Å². The molecule has 0 amide bonds. The average molecular weight is 162 g/mol. The van der Waals surface area contributed by atoms with Gasteiger partial charge in [-0.2, -0.15) is 0 Å². The van der Waals surface area contributed by atoms with Gasteiger partial charge < -0.3 is 10.8 Å². The number of halogens is 3. The highest BCUT2D eigenvalue weighted by atomic mass is 35.5. The molecule has 0 aliphatic rings. The Hall–Kier alpha value is 0.0700. The molecule has 0 heterocycles. The number of nitrogens with two attached hydrogens (primary N) is 1. The Morgan fingerprint density at radius 1 is 1.33 bits per heavy atom. The van der Waals surface area contributed by atoms with Crippen molar-refractivity contribution < 1.29 is 13.9 Å². The fourth-order valence-electron chi connectivity index (χ4n) is 0.120. The van der Waals surface area contributed by atoms with Crippen LogP contribution in [0.2, 0.25) is 0 Å². The van der Waals surface area contributed by atoms with Gasteiger partial charge in [0.25, 0.3) is 0 Å². The molecule has 0 fully saturated rings. The summed E-state index contributed by atoms with van der Waals surface area (Å²) in [5.74, 6) is 0. The lowest BCUT2D eigenvalue weighted by atomic mass is 10.1. The molecule has 0 unspecified atom stereocenters. The van der Waals surface area contributed by atoms with Crippen LogP contribution in [0.4, 0.5) is 8.78 Å². The maximum absolute atomic E-state index is 11.5. The van der Waals surface area contributed by atoms with E-state index in [1.807, 2.05) is 0 Å². The molecule has 0 saturated heterocycles. The van der Waals surface area contributed by atoms with Gasteiger partial charge >= 0.3 is 0 Å². The third kappa shape index (κ3) is 3.61. The summed E-state index contributed by atoms with van der Waals surface area (Å²) in [5.41, 5.74) is 3.24. The van der Waals surface area contributed by atoms with E-state index in [0.29, 0.717) is 0 Å². The van der Waals surface area contributed by atoms with Gasteiger partial charge in [0, 0.05) is 0 Å². The van der Waals surface area contributed by atoms with Gasteiger partial charge in [-0.15, -0.1) is 12.4 Å². The van der Waals surface area contributed by atoms with Gasteiger partial charge in [-0.1, -0.05) is 0 Å². The van der Waals surface area contributed by atoms with Crippen LogP contribution in [0.25, 0.3) is 0 Å². The second-order valence-corrected chi connectivity index (χ2v) is 1.79. The second-order valence-electron chi connectivity index (χ2n) is 1.79. The van der Waals surface area contributed by atoms with Crippen LogP contribution in [0.15, 0.2) is 0 Å². The molecule has 58 valence electrons. The number of hydrogen-bond donors (Lipinski definition) is 2. The molecule has 3 N–H and O–H groups in total. The second kappa shape index (κ2) is 4.90. The number of alkyl halides is 2. The standard InChI is InChI=1S/C4H9F2NO.ClH/c5-1-4(7,2-6)3-8;/h8H,1-3,7H2;1H. The Balaban J connectivity index is 0. The highest BCUT2D eigenvalue weighted by Crippen LogP contribution is 1.99. The maximum Gasteiger partial charge on any atom is 0.112 e. The van der Waals surface area contributed by atoms with Gasteiger partial charge in [0.1, 0.15) is 13.3 Å². The van der Waals surface area contributed by atoms with Gasteiger partial charge in [-0.05, 0) is 0 Å². The minimum atomic E-state index is -1.65. The minimum Gasteiger partial charge on any atom is -0.394 e. The summed E-state index contributed by atoms with van der Waals surface area (Å²) in [6.07, 6.45) is 0. The van der Waals surface area contributed by atoms with E-state index in [2.05, 4.69) is 0 Å². The molecule has 9 heavy (non-hydrogen) atoms. The van der Waals surface area contributed by atoms with Gasteiger partial charge in [0.15, 0.2) is 0 Å². The van der Waals surface area contributed by atoms with Crippen LogP contribution in [0.5, 0.6) is 0 Å². The summed E-state index contributed by atoms with van der Waals surface area (Å²) in [7, 11) is 0. The summed E-state index contributed by atoms with van der Waals surface area (Å²) in [6, 6.07) is 0. The molecular formula is C4H10ClF2NO. The molecule has 0 saturated carbocycles.